The Morgan fingerprint density at radius 2 is 0.714 bits per heavy atom. The van der Waals surface area contributed by atoms with Crippen molar-refractivity contribution in [3.8, 4) is 0 Å². The summed E-state index contributed by atoms with van der Waals surface area (Å²) in [5.41, 5.74) is 0. The van der Waals surface area contributed by atoms with Crippen molar-refractivity contribution in [2.75, 3.05) is 0 Å². The van der Waals surface area contributed by atoms with Gasteiger partial charge in [0.2, 0.25) is 0 Å². The van der Waals surface area contributed by atoms with E-state index in [-0.39, 0.29) is 41.9 Å². The summed E-state index contributed by atoms with van der Waals surface area (Å²) in [6, 6.07) is 0. The number of hydrogen-bond donors (Lipinski definition) is 0. The molecule has 6 nitrogen and oxygen atoms in total. The molecular weight excluding hydrogens is 341 g/mol. The molecular formula is C6H9AgO6Zn. The van der Waals surface area contributed by atoms with Gasteiger partial charge in [0.15, 0.2) is 0 Å². The molecule has 0 atom stereocenters. The van der Waals surface area contributed by atoms with Crippen molar-refractivity contribution in [2.45, 2.75) is 20.8 Å². The van der Waals surface area contributed by atoms with Gasteiger partial charge in [-0.1, -0.05) is 0 Å². The average Bonchev–Trinajstić information content (AvgIpc) is 1.54. The van der Waals surface area contributed by atoms with Crippen molar-refractivity contribution in [1.29, 1.82) is 0 Å². The van der Waals surface area contributed by atoms with E-state index in [4.69, 9.17) is 29.7 Å². The van der Waals surface area contributed by atoms with Gasteiger partial charge in [-0.05, 0) is 20.8 Å². The molecule has 0 bridgehead atoms. The first kappa shape index (κ1) is 29.2. The molecule has 8 heteroatoms. The average molecular weight is 350 g/mol. The first-order valence-corrected chi connectivity index (χ1v) is 2.72. The Hall–Kier alpha value is -0.226. The summed E-state index contributed by atoms with van der Waals surface area (Å²) in [6.07, 6.45) is 0. The van der Waals surface area contributed by atoms with E-state index in [1.807, 2.05) is 0 Å². The van der Waals surface area contributed by atoms with Crippen LogP contribution >= 0.6 is 0 Å². The molecule has 0 saturated heterocycles. The summed E-state index contributed by atoms with van der Waals surface area (Å²) in [5, 5.41) is 26.7. The molecule has 0 radical (unpaired) electrons. The Balaban J connectivity index is -0.0000000270. The van der Waals surface area contributed by atoms with Gasteiger partial charge in [0.25, 0.3) is 0 Å². The number of aliphatic carboxylic acids is 3. The minimum absolute atomic E-state index is 0. The SMILES string of the molecule is CC(=O)[O-].CC(=O)[O-].CC(=O)[O-].[Ag+].[Zn+2]. The maximum atomic E-state index is 8.89. The fourth-order valence-corrected chi connectivity index (χ4v) is 0. The predicted octanol–water partition coefficient (Wildman–Crippen LogP) is -3.74. The number of carboxylic acid groups (broad SMARTS) is 3. The normalized spacial score (nSPS) is 5.36. The zero-order valence-electron chi connectivity index (χ0n) is 7.96. The molecule has 0 aliphatic carbocycles. The van der Waals surface area contributed by atoms with E-state index >= 15 is 0 Å². The van der Waals surface area contributed by atoms with Gasteiger partial charge in [-0.2, -0.15) is 0 Å². The first-order chi connectivity index (χ1) is 5.20. The van der Waals surface area contributed by atoms with Crippen molar-refractivity contribution in [3.05, 3.63) is 0 Å². The molecule has 0 saturated carbocycles. The van der Waals surface area contributed by atoms with Gasteiger partial charge in [-0.3, -0.25) is 0 Å². The summed E-state index contributed by atoms with van der Waals surface area (Å²) >= 11 is 0. The van der Waals surface area contributed by atoms with Gasteiger partial charge in [0.1, 0.15) is 0 Å². The van der Waals surface area contributed by atoms with Crippen LogP contribution in [0.4, 0.5) is 0 Å². The van der Waals surface area contributed by atoms with E-state index < -0.39 is 17.9 Å². The van der Waals surface area contributed by atoms with Gasteiger partial charge in [-0.25, -0.2) is 0 Å². The molecule has 0 aromatic rings. The fraction of sp³-hybridized carbons (Fsp3) is 0.500. The molecule has 82 valence electrons. The van der Waals surface area contributed by atoms with E-state index in [2.05, 4.69) is 0 Å². The molecule has 0 aliphatic rings. The van der Waals surface area contributed by atoms with E-state index in [9.17, 15) is 0 Å². The second-order valence-electron chi connectivity index (χ2n) is 1.47. The number of carbonyl (C=O) groups excluding carboxylic acids is 3. The molecule has 0 amide bonds. The minimum atomic E-state index is -1.08. The van der Waals surface area contributed by atoms with Crippen LogP contribution in [0.15, 0.2) is 0 Å². The monoisotopic (exact) mass is 348 g/mol. The van der Waals surface area contributed by atoms with Crippen LogP contribution in [0.5, 0.6) is 0 Å². The largest absolute Gasteiger partial charge is 2.00 e. The van der Waals surface area contributed by atoms with Gasteiger partial charge in [0, 0.05) is 17.9 Å². The molecule has 0 rings (SSSR count). The Bertz CT molecular complexity index is 120. The van der Waals surface area contributed by atoms with E-state index in [0.29, 0.717) is 0 Å². The Morgan fingerprint density at radius 3 is 0.714 bits per heavy atom. The minimum Gasteiger partial charge on any atom is -0.550 e. The number of carboxylic acids is 3. The van der Waals surface area contributed by atoms with Crippen molar-refractivity contribution < 1.29 is 71.6 Å². The Kier molecular flexibility index (Phi) is 48.0. The van der Waals surface area contributed by atoms with Gasteiger partial charge >= 0.3 is 41.9 Å². The van der Waals surface area contributed by atoms with Gasteiger partial charge in [0.05, 0.1) is 0 Å². The van der Waals surface area contributed by atoms with Gasteiger partial charge < -0.3 is 29.7 Å². The summed E-state index contributed by atoms with van der Waals surface area (Å²) in [7, 11) is 0. The molecule has 0 spiro atoms. The zero-order chi connectivity index (χ0) is 10.7. The maximum absolute atomic E-state index is 8.89. The first-order valence-electron chi connectivity index (χ1n) is 2.72. The molecule has 0 fully saturated rings. The van der Waals surface area contributed by atoms with Crippen LogP contribution in [0.25, 0.3) is 0 Å². The summed E-state index contributed by atoms with van der Waals surface area (Å²) in [5.74, 6) is -3.25. The second kappa shape index (κ2) is 23.0. The van der Waals surface area contributed by atoms with E-state index in [1.54, 1.807) is 0 Å². The number of carbonyl (C=O) groups is 3. The topological polar surface area (TPSA) is 120 Å². The van der Waals surface area contributed by atoms with Crippen LogP contribution in [-0.4, -0.2) is 17.9 Å². The quantitative estimate of drug-likeness (QED) is 0.414. The van der Waals surface area contributed by atoms with Gasteiger partial charge in [-0.15, -0.1) is 0 Å². The van der Waals surface area contributed by atoms with Crippen LogP contribution in [0, 0.1) is 0 Å². The number of hydrogen-bond acceptors (Lipinski definition) is 6. The second-order valence-corrected chi connectivity index (χ2v) is 1.47. The molecule has 0 N–H and O–H groups in total. The van der Waals surface area contributed by atoms with Crippen molar-refractivity contribution in [3.63, 3.8) is 0 Å². The molecule has 0 heterocycles. The molecule has 0 unspecified atom stereocenters. The van der Waals surface area contributed by atoms with Crippen molar-refractivity contribution >= 4 is 17.9 Å². The zero-order valence-corrected chi connectivity index (χ0v) is 12.4. The third kappa shape index (κ3) is 26700. The van der Waals surface area contributed by atoms with Crippen LogP contribution in [0.3, 0.4) is 0 Å². The number of rotatable bonds is 0. The van der Waals surface area contributed by atoms with Crippen molar-refractivity contribution in [1.82, 2.24) is 0 Å². The smallest absolute Gasteiger partial charge is 0.550 e. The third-order valence-electron chi connectivity index (χ3n) is 0. The molecule has 0 aromatic carbocycles. The molecule has 14 heavy (non-hydrogen) atoms. The fourth-order valence-electron chi connectivity index (χ4n) is 0. The Morgan fingerprint density at radius 1 is 0.714 bits per heavy atom. The maximum Gasteiger partial charge on any atom is 2.00 e. The van der Waals surface area contributed by atoms with Crippen LogP contribution in [0.1, 0.15) is 20.8 Å². The predicted molar refractivity (Wildman–Crippen MR) is 32.0 cm³/mol. The standard InChI is InChI=1S/3C2H4O2.Ag.Zn/c3*1-2(3)4;;/h3*1H3,(H,3,4);;/q;;;+1;+2/p-3. The van der Waals surface area contributed by atoms with E-state index in [1.165, 1.54) is 0 Å². The van der Waals surface area contributed by atoms with Crippen LogP contribution < -0.4 is 15.3 Å². The molecule has 0 aliphatic heterocycles. The summed E-state index contributed by atoms with van der Waals surface area (Å²) in [4.78, 5) is 26.7. The Labute approximate surface area is 110 Å². The van der Waals surface area contributed by atoms with E-state index in [0.717, 1.165) is 20.8 Å². The van der Waals surface area contributed by atoms with Crippen LogP contribution in [-0.2, 0) is 56.2 Å². The third-order valence-corrected chi connectivity index (χ3v) is 0. The molecule has 0 aromatic heterocycles. The van der Waals surface area contributed by atoms with Crippen molar-refractivity contribution in [2.24, 2.45) is 0 Å². The summed E-state index contributed by atoms with van der Waals surface area (Å²) < 4.78 is 0. The summed E-state index contributed by atoms with van der Waals surface area (Å²) in [6.45, 7) is 2.92. The van der Waals surface area contributed by atoms with Crippen LogP contribution in [0.2, 0.25) is 0 Å².